The number of benzene rings is 1. The predicted molar refractivity (Wildman–Crippen MR) is 83.2 cm³/mol. The number of hydrazine groups is 1. The standard InChI is InChI=1S/C13H20BrClN4/c1-18-4-6-19(7-5-18)17-13(9-16)11-8-10(14)2-3-12(11)15/h2-3,8,13,17H,4-7,9,16H2,1H3. The highest BCUT2D eigenvalue weighted by molar-refractivity contribution is 9.10. The maximum Gasteiger partial charge on any atom is 0.0602 e. The summed E-state index contributed by atoms with van der Waals surface area (Å²) in [5, 5.41) is 2.98. The highest BCUT2D eigenvalue weighted by atomic mass is 79.9. The van der Waals surface area contributed by atoms with E-state index in [1.807, 2.05) is 18.2 Å². The van der Waals surface area contributed by atoms with Crippen molar-refractivity contribution < 1.29 is 0 Å². The zero-order chi connectivity index (χ0) is 13.8. The molecule has 0 spiro atoms. The van der Waals surface area contributed by atoms with Crippen molar-refractivity contribution >= 4 is 27.5 Å². The molecule has 4 nitrogen and oxygen atoms in total. The molecule has 1 unspecified atom stereocenters. The molecular weight excluding hydrogens is 328 g/mol. The van der Waals surface area contributed by atoms with Crippen molar-refractivity contribution in [1.82, 2.24) is 15.3 Å². The van der Waals surface area contributed by atoms with E-state index in [9.17, 15) is 0 Å². The van der Waals surface area contributed by atoms with Crippen LogP contribution in [0.5, 0.6) is 0 Å². The number of nitrogens with one attached hydrogen (secondary N) is 1. The van der Waals surface area contributed by atoms with E-state index in [0.29, 0.717) is 6.54 Å². The van der Waals surface area contributed by atoms with Gasteiger partial charge in [0.05, 0.1) is 6.04 Å². The molecule has 0 amide bonds. The first-order valence-electron chi connectivity index (χ1n) is 6.45. The first-order chi connectivity index (χ1) is 9.10. The van der Waals surface area contributed by atoms with Crippen LogP contribution in [0, 0.1) is 0 Å². The summed E-state index contributed by atoms with van der Waals surface area (Å²) in [7, 11) is 2.14. The molecule has 1 aliphatic heterocycles. The van der Waals surface area contributed by atoms with Gasteiger partial charge in [-0.15, -0.1) is 0 Å². The monoisotopic (exact) mass is 346 g/mol. The molecule has 3 N–H and O–H groups in total. The van der Waals surface area contributed by atoms with Gasteiger partial charge in [-0.05, 0) is 30.8 Å². The molecule has 0 bridgehead atoms. The second-order valence-electron chi connectivity index (χ2n) is 4.87. The number of hydrogen-bond donors (Lipinski definition) is 2. The number of piperazine rings is 1. The van der Waals surface area contributed by atoms with Gasteiger partial charge >= 0.3 is 0 Å². The molecule has 0 saturated carbocycles. The van der Waals surface area contributed by atoms with Crippen LogP contribution in [-0.2, 0) is 0 Å². The third kappa shape index (κ3) is 4.15. The van der Waals surface area contributed by atoms with E-state index in [-0.39, 0.29) is 6.04 Å². The third-order valence-corrected chi connectivity index (χ3v) is 4.25. The predicted octanol–water partition coefficient (Wildman–Crippen LogP) is 1.85. The summed E-state index contributed by atoms with van der Waals surface area (Å²) in [5.74, 6) is 0. The fraction of sp³-hybridized carbons (Fsp3) is 0.538. The van der Waals surface area contributed by atoms with E-state index in [2.05, 4.69) is 38.3 Å². The average Bonchev–Trinajstić information content (AvgIpc) is 2.41. The van der Waals surface area contributed by atoms with E-state index in [1.165, 1.54) is 0 Å². The summed E-state index contributed by atoms with van der Waals surface area (Å²) >= 11 is 9.75. The van der Waals surface area contributed by atoms with Crippen molar-refractivity contribution in [1.29, 1.82) is 0 Å². The Morgan fingerprint density at radius 3 is 2.68 bits per heavy atom. The Labute approximate surface area is 128 Å². The Balaban J connectivity index is 2.05. The van der Waals surface area contributed by atoms with Gasteiger partial charge in [-0.3, -0.25) is 0 Å². The number of likely N-dealkylation sites (N-methyl/N-ethyl adjacent to an activating group) is 1. The SMILES string of the molecule is CN1CCN(NC(CN)c2cc(Br)ccc2Cl)CC1. The van der Waals surface area contributed by atoms with E-state index in [1.54, 1.807) is 0 Å². The molecule has 1 fully saturated rings. The van der Waals surface area contributed by atoms with Crippen LogP contribution in [0.4, 0.5) is 0 Å². The second kappa shape index (κ2) is 7.02. The number of halogens is 2. The van der Waals surface area contributed by atoms with Crippen LogP contribution in [0.25, 0.3) is 0 Å². The largest absolute Gasteiger partial charge is 0.329 e. The zero-order valence-electron chi connectivity index (χ0n) is 11.1. The Morgan fingerprint density at radius 1 is 1.37 bits per heavy atom. The van der Waals surface area contributed by atoms with Gasteiger partial charge < -0.3 is 10.6 Å². The van der Waals surface area contributed by atoms with Gasteiger partial charge in [-0.2, -0.15) is 0 Å². The van der Waals surface area contributed by atoms with E-state index < -0.39 is 0 Å². The normalized spacial score (nSPS) is 19.6. The highest BCUT2D eigenvalue weighted by Crippen LogP contribution is 2.26. The van der Waals surface area contributed by atoms with Gasteiger partial charge in [0.25, 0.3) is 0 Å². The Kier molecular flexibility index (Phi) is 5.62. The molecule has 106 valence electrons. The molecule has 1 saturated heterocycles. The van der Waals surface area contributed by atoms with Crippen LogP contribution in [0.1, 0.15) is 11.6 Å². The van der Waals surface area contributed by atoms with E-state index in [4.69, 9.17) is 17.3 Å². The van der Waals surface area contributed by atoms with Gasteiger partial charge in [0, 0.05) is 42.2 Å². The van der Waals surface area contributed by atoms with Crippen molar-refractivity contribution in [2.45, 2.75) is 6.04 Å². The van der Waals surface area contributed by atoms with Crippen molar-refractivity contribution in [3.63, 3.8) is 0 Å². The summed E-state index contributed by atoms with van der Waals surface area (Å²) < 4.78 is 1.02. The lowest BCUT2D eigenvalue weighted by molar-refractivity contribution is 0.0880. The molecule has 1 atom stereocenters. The molecule has 19 heavy (non-hydrogen) atoms. The Bertz CT molecular complexity index is 421. The van der Waals surface area contributed by atoms with Gasteiger partial charge in [0.2, 0.25) is 0 Å². The smallest absolute Gasteiger partial charge is 0.0602 e. The van der Waals surface area contributed by atoms with Crippen LogP contribution in [0.3, 0.4) is 0 Å². The van der Waals surface area contributed by atoms with Gasteiger partial charge in [-0.1, -0.05) is 27.5 Å². The molecule has 1 aliphatic rings. The number of nitrogens with two attached hydrogens (primary N) is 1. The quantitative estimate of drug-likeness (QED) is 0.872. The van der Waals surface area contributed by atoms with Crippen LogP contribution in [0.15, 0.2) is 22.7 Å². The van der Waals surface area contributed by atoms with Crippen LogP contribution < -0.4 is 11.2 Å². The zero-order valence-corrected chi connectivity index (χ0v) is 13.4. The minimum atomic E-state index is 0.0495. The number of nitrogens with zero attached hydrogens (tertiary/aromatic N) is 2. The van der Waals surface area contributed by atoms with Crippen molar-refractivity contribution in [2.24, 2.45) is 5.73 Å². The second-order valence-corrected chi connectivity index (χ2v) is 6.20. The first kappa shape index (κ1) is 15.2. The summed E-state index contributed by atoms with van der Waals surface area (Å²) in [6.45, 7) is 4.65. The molecule has 1 aromatic rings. The fourth-order valence-corrected chi connectivity index (χ4v) is 2.81. The summed E-state index contributed by atoms with van der Waals surface area (Å²) in [5.41, 5.74) is 10.4. The lowest BCUT2D eigenvalue weighted by Gasteiger charge is -2.35. The molecule has 0 radical (unpaired) electrons. The van der Waals surface area contributed by atoms with Gasteiger partial charge in [0.1, 0.15) is 0 Å². The molecule has 1 aromatic carbocycles. The third-order valence-electron chi connectivity index (χ3n) is 3.41. The van der Waals surface area contributed by atoms with Crippen molar-refractivity contribution in [3.8, 4) is 0 Å². The van der Waals surface area contributed by atoms with Crippen molar-refractivity contribution in [3.05, 3.63) is 33.3 Å². The lowest BCUT2D eigenvalue weighted by Crippen LogP contribution is -2.52. The van der Waals surface area contributed by atoms with E-state index >= 15 is 0 Å². The molecular formula is C13H20BrClN4. The van der Waals surface area contributed by atoms with Crippen LogP contribution in [0.2, 0.25) is 5.02 Å². The summed E-state index contributed by atoms with van der Waals surface area (Å²) in [6, 6.07) is 5.92. The van der Waals surface area contributed by atoms with Gasteiger partial charge in [-0.25, -0.2) is 10.4 Å². The topological polar surface area (TPSA) is 44.5 Å². The van der Waals surface area contributed by atoms with Gasteiger partial charge in [0.15, 0.2) is 0 Å². The van der Waals surface area contributed by atoms with E-state index in [0.717, 1.165) is 41.2 Å². The van der Waals surface area contributed by atoms with Crippen molar-refractivity contribution in [2.75, 3.05) is 39.8 Å². The molecule has 1 heterocycles. The maximum atomic E-state index is 6.27. The summed E-state index contributed by atoms with van der Waals surface area (Å²) in [4.78, 5) is 2.32. The minimum Gasteiger partial charge on any atom is -0.329 e. The molecule has 0 aromatic heterocycles. The van der Waals surface area contributed by atoms with Crippen LogP contribution in [-0.4, -0.2) is 49.7 Å². The van der Waals surface area contributed by atoms with Crippen LogP contribution >= 0.6 is 27.5 Å². The fourth-order valence-electron chi connectivity index (χ4n) is 2.19. The number of rotatable bonds is 4. The molecule has 6 heteroatoms. The lowest BCUT2D eigenvalue weighted by atomic mass is 10.1. The molecule has 0 aliphatic carbocycles. The maximum absolute atomic E-state index is 6.27. The Hall–Kier alpha value is -0.170. The average molecular weight is 348 g/mol. The Morgan fingerprint density at radius 2 is 2.05 bits per heavy atom. The molecule has 2 rings (SSSR count). The number of hydrogen-bond acceptors (Lipinski definition) is 4. The minimum absolute atomic E-state index is 0.0495. The summed E-state index contributed by atoms with van der Waals surface area (Å²) in [6.07, 6.45) is 0. The first-order valence-corrected chi connectivity index (χ1v) is 7.62. The highest BCUT2D eigenvalue weighted by Gasteiger charge is 2.19.